The minimum Gasteiger partial charge on any atom is -0.469 e. The average Bonchev–Trinajstić information content (AvgIpc) is 2.71. The van der Waals surface area contributed by atoms with Crippen molar-refractivity contribution < 1.29 is 27.6 Å². The van der Waals surface area contributed by atoms with Crippen LogP contribution in [0.1, 0.15) is 12.8 Å². The number of carbonyl (C=O) groups is 2. The van der Waals surface area contributed by atoms with Gasteiger partial charge >= 0.3 is 5.97 Å². The lowest BCUT2D eigenvalue weighted by Crippen LogP contribution is -3.14. The van der Waals surface area contributed by atoms with Crippen LogP contribution >= 0.6 is 11.6 Å². The zero-order valence-electron chi connectivity index (χ0n) is 12.5. The first-order valence-corrected chi connectivity index (χ1v) is 9.62. The highest BCUT2D eigenvalue weighted by Gasteiger charge is 2.38. The highest BCUT2D eigenvalue weighted by molar-refractivity contribution is 7.91. The molecule has 0 spiro atoms. The van der Waals surface area contributed by atoms with E-state index in [-0.39, 0.29) is 35.8 Å². The molecule has 0 aromatic carbocycles. The van der Waals surface area contributed by atoms with Crippen LogP contribution < -0.4 is 10.2 Å². The fourth-order valence-electron chi connectivity index (χ4n) is 3.03. The van der Waals surface area contributed by atoms with Gasteiger partial charge in [-0.3, -0.25) is 9.59 Å². The van der Waals surface area contributed by atoms with Gasteiger partial charge in [-0.05, 0) is 0 Å². The number of sulfone groups is 1. The number of amides is 1. The summed E-state index contributed by atoms with van der Waals surface area (Å²) >= 11 is 5.97. The monoisotopic (exact) mass is 353 g/mol. The number of hydrogen-bond acceptors (Lipinski definition) is 5. The molecule has 0 aromatic rings. The molecule has 2 heterocycles. The summed E-state index contributed by atoms with van der Waals surface area (Å²) in [7, 11) is -1.77. The summed E-state index contributed by atoms with van der Waals surface area (Å²) in [4.78, 5) is 24.5. The zero-order chi connectivity index (χ0) is 16.3. The summed E-state index contributed by atoms with van der Waals surface area (Å²) in [6, 6.07) is -0.508. The maximum atomic E-state index is 12.0. The van der Waals surface area contributed by atoms with Crippen molar-refractivity contribution in [1.82, 2.24) is 5.32 Å². The largest absolute Gasteiger partial charge is 0.469 e. The molecule has 2 aliphatic heterocycles. The van der Waals surface area contributed by atoms with Gasteiger partial charge in [0.2, 0.25) is 0 Å². The fourth-order valence-corrected chi connectivity index (χ4v) is 5.58. The molecule has 0 radical (unpaired) electrons. The Hall–Kier alpha value is -0.860. The van der Waals surface area contributed by atoms with E-state index in [1.165, 1.54) is 7.11 Å². The van der Waals surface area contributed by atoms with Crippen LogP contribution in [0.3, 0.4) is 0 Å². The molecule has 7 nitrogen and oxygen atoms in total. The standard InChI is InChI=1S/C13H21ClN2O5S/c1-21-13(18)9-2-4-16(5-3-9)6-12(17)15-11-8-22(19,20)7-10(11)14/h9-11H,2-8H2,1H3,(H,15,17)/p+1/t10-,11-/m1/s1. The van der Waals surface area contributed by atoms with E-state index in [1.54, 1.807) is 0 Å². The summed E-state index contributed by atoms with van der Waals surface area (Å²) in [5.41, 5.74) is 0. The summed E-state index contributed by atoms with van der Waals surface area (Å²) < 4.78 is 27.7. The number of hydrogen-bond donors (Lipinski definition) is 2. The number of nitrogens with one attached hydrogen (secondary N) is 2. The van der Waals surface area contributed by atoms with Gasteiger partial charge in [0.15, 0.2) is 16.4 Å². The molecule has 22 heavy (non-hydrogen) atoms. The number of methoxy groups -OCH3 is 1. The predicted octanol–water partition coefficient (Wildman–Crippen LogP) is -2.03. The first-order valence-electron chi connectivity index (χ1n) is 7.36. The van der Waals surface area contributed by atoms with Gasteiger partial charge in [-0.2, -0.15) is 0 Å². The average molecular weight is 354 g/mol. The molecule has 2 saturated heterocycles. The second kappa shape index (κ2) is 7.14. The van der Waals surface area contributed by atoms with Crippen molar-refractivity contribution in [1.29, 1.82) is 0 Å². The normalized spacial score (nSPS) is 34.1. The molecule has 0 aromatic heterocycles. The van der Waals surface area contributed by atoms with E-state index < -0.39 is 21.3 Å². The number of likely N-dealkylation sites (tertiary alicyclic amines) is 1. The van der Waals surface area contributed by atoms with Crippen LogP contribution in [-0.4, -0.2) is 70.0 Å². The third-order valence-corrected chi connectivity index (χ3v) is 6.64. The Bertz CT molecular complexity index is 531. The lowest BCUT2D eigenvalue weighted by atomic mass is 9.97. The number of halogens is 1. The first-order chi connectivity index (χ1) is 10.3. The molecule has 126 valence electrons. The smallest absolute Gasteiger partial charge is 0.309 e. The lowest BCUT2D eigenvalue weighted by Gasteiger charge is -2.27. The Kier molecular flexibility index (Phi) is 5.68. The molecule has 0 aliphatic carbocycles. The van der Waals surface area contributed by atoms with Crippen LogP contribution in [0, 0.1) is 5.92 Å². The third-order valence-electron chi connectivity index (χ3n) is 4.27. The number of piperidine rings is 1. The Morgan fingerprint density at radius 3 is 2.41 bits per heavy atom. The van der Waals surface area contributed by atoms with Gasteiger partial charge in [-0.15, -0.1) is 11.6 Å². The van der Waals surface area contributed by atoms with Crippen molar-refractivity contribution in [2.75, 3.05) is 38.2 Å². The van der Waals surface area contributed by atoms with Crippen LogP contribution in [0.15, 0.2) is 0 Å². The minimum absolute atomic E-state index is 0.0796. The topological polar surface area (TPSA) is 94.0 Å². The minimum atomic E-state index is -3.15. The van der Waals surface area contributed by atoms with Gasteiger partial charge < -0.3 is 15.0 Å². The van der Waals surface area contributed by atoms with Crippen LogP contribution in [0.5, 0.6) is 0 Å². The van der Waals surface area contributed by atoms with Crippen molar-refractivity contribution in [2.24, 2.45) is 5.92 Å². The summed E-state index contributed by atoms with van der Waals surface area (Å²) in [6.07, 6.45) is 1.40. The molecule has 2 rings (SSSR count). The van der Waals surface area contributed by atoms with E-state index in [0.29, 0.717) is 12.8 Å². The van der Waals surface area contributed by atoms with Gasteiger partial charge in [0.1, 0.15) is 0 Å². The molecule has 2 atom stereocenters. The Morgan fingerprint density at radius 1 is 1.27 bits per heavy atom. The van der Waals surface area contributed by atoms with Gasteiger partial charge in [-0.1, -0.05) is 0 Å². The van der Waals surface area contributed by atoms with Gasteiger partial charge in [0, 0.05) is 12.8 Å². The number of rotatable bonds is 4. The molecular weight excluding hydrogens is 332 g/mol. The number of carbonyl (C=O) groups excluding carboxylic acids is 2. The van der Waals surface area contributed by atoms with Crippen molar-refractivity contribution in [3.05, 3.63) is 0 Å². The summed E-state index contributed by atoms with van der Waals surface area (Å²) in [6.45, 7) is 1.72. The van der Waals surface area contributed by atoms with Crippen molar-refractivity contribution in [3.8, 4) is 0 Å². The quantitative estimate of drug-likeness (QED) is 0.449. The fraction of sp³-hybridized carbons (Fsp3) is 0.846. The maximum absolute atomic E-state index is 12.0. The highest BCUT2D eigenvalue weighted by Crippen LogP contribution is 2.17. The Labute approximate surface area is 135 Å². The predicted molar refractivity (Wildman–Crippen MR) is 80.5 cm³/mol. The van der Waals surface area contributed by atoms with Gasteiger partial charge in [0.25, 0.3) is 5.91 Å². The second-order valence-electron chi connectivity index (χ2n) is 5.99. The van der Waals surface area contributed by atoms with Gasteiger partial charge in [-0.25, -0.2) is 8.42 Å². The molecule has 1 amide bonds. The maximum Gasteiger partial charge on any atom is 0.309 e. The SMILES string of the molecule is COC(=O)C1CC[NH+](CC(=O)N[C@@H]2CS(=O)(=O)C[C@H]2Cl)CC1. The van der Waals surface area contributed by atoms with Crippen LogP contribution in [0.4, 0.5) is 0 Å². The Balaban J connectivity index is 1.76. The van der Waals surface area contributed by atoms with Crippen molar-refractivity contribution in [2.45, 2.75) is 24.3 Å². The molecule has 2 fully saturated rings. The number of alkyl halides is 1. The van der Waals surface area contributed by atoms with Crippen molar-refractivity contribution >= 4 is 33.3 Å². The van der Waals surface area contributed by atoms with Crippen LogP contribution in [0.25, 0.3) is 0 Å². The molecule has 0 saturated carbocycles. The van der Waals surface area contributed by atoms with E-state index in [9.17, 15) is 18.0 Å². The second-order valence-corrected chi connectivity index (χ2v) is 8.71. The van der Waals surface area contributed by atoms with E-state index >= 15 is 0 Å². The van der Waals surface area contributed by atoms with Crippen molar-refractivity contribution in [3.63, 3.8) is 0 Å². The van der Waals surface area contributed by atoms with Gasteiger partial charge in [0.05, 0.1) is 49.0 Å². The molecular formula is C13H22ClN2O5S+. The molecule has 2 N–H and O–H groups in total. The zero-order valence-corrected chi connectivity index (χ0v) is 14.1. The van der Waals surface area contributed by atoms with E-state index in [0.717, 1.165) is 18.0 Å². The van der Waals surface area contributed by atoms with E-state index in [2.05, 4.69) is 5.32 Å². The molecule has 0 bridgehead atoms. The van der Waals surface area contributed by atoms with Crippen LogP contribution in [-0.2, 0) is 24.2 Å². The lowest BCUT2D eigenvalue weighted by molar-refractivity contribution is -0.897. The summed E-state index contributed by atoms with van der Waals surface area (Å²) in [5.74, 6) is -0.642. The van der Waals surface area contributed by atoms with E-state index in [1.807, 2.05) is 0 Å². The molecule has 2 aliphatic rings. The third kappa shape index (κ3) is 4.57. The molecule has 9 heteroatoms. The number of esters is 1. The molecule has 0 unspecified atom stereocenters. The van der Waals surface area contributed by atoms with E-state index in [4.69, 9.17) is 16.3 Å². The Morgan fingerprint density at radius 2 is 1.91 bits per heavy atom. The first kappa shape index (κ1) is 17.5. The number of ether oxygens (including phenoxy) is 1. The number of quaternary nitrogens is 1. The highest BCUT2D eigenvalue weighted by atomic mass is 35.5. The van der Waals surface area contributed by atoms with Crippen LogP contribution in [0.2, 0.25) is 0 Å². The summed E-state index contributed by atoms with van der Waals surface area (Å²) in [5, 5.41) is 2.15.